The highest BCUT2D eigenvalue weighted by Gasteiger charge is 2.20. The van der Waals surface area contributed by atoms with Gasteiger partial charge in [0.2, 0.25) is 5.91 Å². The molecule has 0 aliphatic heterocycles. The topological polar surface area (TPSA) is 47.6 Å². The third-order valence-corrected chi connectivity index (χ3v) is 4.39. The average molecular weight is 325 g/mol. The summed E-state index contributed by atoms with van der Waals surface area (Å²) < 4.78 is 11.1. The van der Waals surface area contributed by atoms with Gasteiger partial charge in [0.15, 0.2) is 11.5 Å². The lowest BCUT2D eigenvalue weighted by molar-refractivity contribution is -0.120. The maximum Gasteiger partial charge on any atom is 0.227 e. The molecule has 1 N–H and O–H groups in total. The molecule has 1 aliphatic carbocycles. The molecule has 24 heavy (non-hydrogen) atoms. The quantitative estimate of drug-likeness (QED) is 0.841. The van der Waals surface area contributed by atoms with E-state index in [9.17, 15) is 4.79 Å². The minimum atomic E-state index is 0.132. The lowest BCUT2D eigenvalue weighted by atomic mass is 9.88. The third kappa shape index (κ3) is 4.07. The summed E-state index contributed by atoms with van der Waals surface area (Å²) in [4.78, 5) is 12.3. The molecule has 0 heterocycles. The largest absolute Gasteiger partial charge is 0.493 e. The predicted molar refractivity (Wildman–Crippen MR) is 94.7 cm³/mol. The van der Waals surface area contributed by atoms with Gasteiger partial charge in [-0.1, -0.05) is 31.4 Å². The van der Waals surface area contributed by atoms with Crippen LogP contribution in [0.4, 0.5) is 5.69 Å². The first-order chi connectivity index (χ1) is 11.8. The van der Waals surface area contributed by atoms with Gasteiger partial charge in [0.05, 0.1) is 7.11 Å². The maximum absolute atomic E-state index is 12.3. The van der Waals surface area contributed by atoms with Gasteiger partial charge < -0.3 is 14.8 Å². The monoisotopic (exact) mass is 325 g/mol. The summed E-state index contributed by atoms with van der Waals surface area (Å²) in [7, 11) is 1.62. The number of para-hydroxylation sites is 2. The van der Waals surface area contributed by atoms with Gasteiger partial charge in [-0.2, -0.15) is 0 Å². The molecule has 1 aliphatic rings. The predicted octanol–water partition coefficient (Wildman–Crippen LogP) is 5.01. The fourth-order valence-electron chi connectivity index (χ4n) is 3.05. The fraction of sp³-hybridized carbons (Fsp3) is 0.350. The average Bonchev–Trinajstić information content (AvgIpc) is 2.64. The van der Waals surface area contributed by atoms with Gasteiger partial charge in [-0.25, -0.2) is 0 Å². The van der Waals surface area contributed by atoms with Crippen LogP contribution < -0.4 is 14.8 Å². The number of hydrogen-bond acceptors (Lipinski definition) is 3. The molecule has 0 aromatic heterocycles. The van der Waals surface area contributed by atoms with Crippen LogP contribution >= 0.6 is 0 Å². The molecule has 0 bridgehead atoms. The number of benzene rings is 2. The number of amides is 1. The first-order valence-corrected chi connectivity index (χ1v) is 8.48. The van der Waals surface area contributed by atoms with Crippen LogP contribution in [0, 0.1) is 5.92 Å². The molecular weight excluding hydrogens is 302 g/mol. The van der Waals surface area contributed by atoms with E-state index in [0.717, 1.165) is 31.4 Å². The number of methoxy groups -OCH3 is 1. The molecule has 1 saturated carbocycles. The van der Waals surface area contributed by atoms with Crippen molar-refractivity contribution in [3.63, 3.8) is 0 Å². The molecule has 0 saturated heterocycles. The second-order valence-corrected chi connectivity index (χ2v) is 6.10. The van der Waals surface area contributed by atoms with Crippen LogP contribution in [0.3, 0.4) is 0 Å². The Kier molecular flexibility index (Phi) is 5.36. The zero-order valence-corrected chi connectivity index (χ0v) is 14.0. The molecule has 4 nitrogen and oxygen atoms in total. The van der Waals surface area contributed by atoms with E-state index in [1.807, 2.05) is 48.5 Å². The molecule has 0 spiro atoms. The standard InChI is InChI=1S/C20H23NO3/c1-23-18-9-5-6-10-19(18)24-17-13-11-16(12-14-17)21-20(22)15-7-3-2-4-8-15/h5-6,9-15H,2-4,7-8H2,1H3,(H,21,22). The van der Waals surface area contributed by atoms with Crippen LogP contribution in [0.2, 0.25) is 0 Å². The van der Waals surface area contributed by atoms with Crippen molar-refractivity contribution in [1.82, 2.24) is 0 Å². The summed E-state index contributed by atoms with van der Waals surface area (Å²) in [5.74, 6) is 2.35. The van der Waals surface area contributed by atoms with Crippen molar-refractivity contribution in [2.45, 2.75) is 32.1 Å². The SMILES string of the molecule is COc1ccccc1Oc1ccc(NC(=O)C2CCCCC2)cc1. The van der Waals surface area contributed by atoms with Gasteiger partial charge in [0.25, 0.3) is 0 Å². The number of rotatable bonds is 5. The molecule has 0 unspecified atom stereocenters. The van der Waals surface area contributed by atoms with Crippen LogP contribution in [0.25, 0.3) is 0 Å². The minimum Gasteiger partial charge on any atom is -0.493 e. The molecule has 2 aromatic carbocycles. The molecule has 4 heteroatoms. The van der Waals surface area contributed by atoms with Gasteiger partial charge >= 0.3 is 0 Å². The highest BCUT2D eigenvalue weighted by atomic mass is 16.5. The van der Waals surface area contributed by atoms with Gasteiger partial charge in [-0.05, 0) is 49.2 Å². The Morgan fingerprint density at radius 1 is 0.958 bits per heavy atom. The smallest absolute Gasteiger partial charge is 0.227 e. The molecule has 1 fully saturated rings. The van der Waals surface area contributed by atoms with Crippen molar-refractivity contribution in [2.75, 3.05) is 12.4 Å². The molecule has 1 amide bonds. The van der Waals surface area contributed by atoms with E-state index in [0.29, 0.717) is 17.2 Å². The third-order valence-electron chi connectivity index (χ3n) is 4.39. The summed E-state index contributed by atoms with van der Waals surface area (Å²) in [6.07, 6.45) is 5.56. The van der Waals surface area contributed by atoms with Crippen molar-refractivity contribution in [1.29, 1.82) is 0 Å². The van der Waals surface area contributed by atoms with Crippen molar-refractivity contribution >= 4 is 11.6 Å². The van der Waals surface area contributed by atoms with Crippen LogP contribution in [0.15, 0.2) is 48.5 Å². The summed E-state index contributed by atoms with van der Waals surface area (Å²) in [6.45, 7) is 0. The van der Waals surface area contributed by atoms with Gasteiger partial charge in [-0.3, -0.25) is 4.79 Å². The van der Waals surface area contributed by atoms with Crippen molar-refractivity contribution in [3.05, 3.63) is 48.5 Å². The lowest BCUT2D eigenvalue weighted by Crippen LogP contribution is -2.24. The van der Waals surface area contributed by atoms with E-state index in [2.05, 4.69) is 5.32 Å². The van der Waals surface area contributed by atoms with Crippen molar-refractivity contribution in [2.24, 2.45) is 5.92 Å². The zero-order valence-electron chi connectivity index (χ0n) is 14.0. The van der Waals surface area contributed by atoms with Gasteiger partial charge in [0.1, 0.15) is 5.75 Å². The van der Waals surface area contributed by atoms with E-state index in [-0.39, 0.29) is 11.8 Å². The Balaban J connectivity index is 1.61. The molecule has 2 aromatic rings. The fourth-order valence-corrected chi connectivity index (χ4v) is 3.05. The van der Waals surface area contributed by atoms with Crippen LogP contribution in [0.5, 0.6) is 17.2 Å². The summed E-state index contributed by atoms with van der Waals surface area (Å²) >= 11 is 0. The summed E-state index contributed by atoms with van der Waals surface area (Å²) in [6, 6.07) is 14.9. The Labute approximate surface area is 142 Å². The maximum atomic E-state index is 12.3. The van der Waals surface area contributed by atoms with Gasteiger partial charge in [-0.15, -0.1) is 0 Å². The number of ether oxygens (including phenoxy) is 2. The van der Waals surface area contributed by atoms with Crippen molar-refractivity contribution < 1.29 is 14.3 Å². The molecule has 126 valence electrons. The number of anilines is 1. The van der Waals surface area contributed by atoms with E-state index >= 15 is 0 Å². The number of carbonyl (C=O) groups is 1. The van der Waals surface area contributed by atoms with Crippen LogP contribution in [0.1, 0.15) is 32.1 Å². The molecule has 0 radical (unpaired) electrons. The summed E-state index contributed by atoms with van der Waals surface area (Å²) in [5.41, 5.74) is 0.804. The normalized spacial score (nSPS) is 14.9. The molecule has 0 atom stereocenters. The number of hydrogen-bond donors (Lipinski definition) is 1. The zero-order chi connectivity index (χ0) is 16.8. The highest BCUT2D eigenvalue weighted by molar-refractivity contribution is 5.92. The first kappa shape index (κ1) is 16.4. The Bertz CT molecular complexity index is 676. The number of carbonyl (C=O) groups excluding carboxylic acids is 1. The van der Waals surface area contributed by atoms with E-state index in [1.54, 1.807) is 7.11 Å². The Morgan fingerprint density at radius 2 is 1.62 bits per heavy atom. The lowest BCUT2D eigenvalue weighted by Gasteiger charge is -2.20. The Hall–Kier alpha value is -2.49. The minimum absolute atomic E-state index is 0.132. The van der Waals surface area contributed by atoms with Crippen molar-refractivity contribution in [3.8, 4) is 17.2 Å². The van der Waals surface area contributed by atoms with Gasteiger partial charge in [0, 0.05) is 11.6 Å². The second-order valence-electron chi connectivity index (χ2n) is 6.10. The summed E-state index contributed by atoms with van der Waals surface area (Å²) in [5, 5.41) is 3.01. The van der Waals surface area contributed by atoms with E-state index in [4.69, 9.17) is 9.47 Å². The van der Waals surface area contributed by atoms with E-state index in [1.165, 1.54) is 6.42 Å². The molecule has 3 rings (SSSR count). The first-order valence-electron chi connectivity index (χ1n) is 8.48. The number of nitrogens with one attached hydrogen (secondary N) is 1. The highest BCUT2D eigenvalue weighted by Crippen LogP contribution is 2.31. The van der Waals surface area contributed by atoms with E-state index < -0.39 is 0 Å². The van der Waals surface area contributed by atoms with Crippen LogP contribution in [-0.2, 0) is 4.79 Å². The van der Waals surface area contributed by atoms with Crippen LogP contribution in [-0.4, -0.2) is 13.0 Å². The Morgan fingerprint density at radius 3 is 2.29 bits per heavy atom. The molecular formula is C20H23NO3. The second kappa shape index (κ2) is 7.86.